The smallest absolute Gasteiger partial charge is 0.237 e. The van der Waals surface area contributed by atoms with Crippen molar-refractivity contribution in [1.82, 2.24) is 4.98 Å². The lowest BCUT2D eigenvalue weighted by molar-refractivity contribution is 0.299. The first-order valence-electron chi connectivity index (χ1n) is 5.23. The minimum atomic E-state index is -0.128. The number of ether oxygens (including phenoxy) is 1. The van der Waals surface area contributed by atoms with Crippen LogP contribution in [0.3, 0.4) is 0 Å². The monoisotopic (exact) mass is 293 g/mol. The SMILES string of the molecule is Cc1[nH]cc(Br)c(=O)c1OCc1ccccc1. The number of H-pyrrole nitrogens is 1. The van der Waals surface area contributed by atoms with Crippen LogP contribution < -0.4 is 10.2 Å². The molecule has 0 bridgehead atoms. The van der Waals surface area contributed by atoms with Gasteiger partial charge in [0.1, 0.15) is 6.61 Å². The number of aryl methyl sites for hydroxylation is 1. The molecule has 1 aromatic heterocycles. The fraction of sp³-hybridized carbons (Fsp3) is 0.154. The molecule has 0 unspecified atom stereocenters. The van der Waals surface area contributed by atoms with E-state index in [0.29, 0.717) is 16.8 Å². The van der Waals surface area contributed by atoms with Crippen molar-refractivity contribution in [3.05, 3.63) is 62.5 Å². The van der Waals surface area contributed by atoms with Gasteiger partial charge in [0, 0.05) is 6.20 Å². The van der Waals surface area contributed by atoms with Gasteiger partial charge >= 0.3 is 0 Å². The molecule has 4 heteroatoms. The van der Waals surface area contributed by atoms with Crippen molar-refractivity contribution < 1.29 is 4.74 Å². The van der Waals surface area contributed by atoms with Gasteiger partial charge in [-0.05, 0) is 28.4 Å². The van der Waals surface area contributed by atoms with Gasteiger partial charge in [0.05, 0.1) is 10.2 Å². The third-order valence-electron chi connectivity index (χ3n) is 2.41. The fourth-order valence-corrected chi connectivity index (χ4v) is 1.78. The Hall–Kier alpha value is -1.55. The van der Waals surface area contributed by atoms with Gasteiger partial charge in [-0.3, -0.25) is 4.79 Å². The molecular formula is C13H12BrNO2. The Labute approximate surface area is 108 Å². The summed E-state index contributed by atoms with van der Waals surface area (Å²) in [6.07, 6.45) is 1.62. The maximum absolute atomic E-state index is 11.8. The molecule has 0 fully saturated rings. The number of rotatable bonds is 3. The summed E-state index contributed by atoms with van der Waals surface area (Å²) in [6.45, 7) is 2.20. The molecule has 0 saturated heterocycles. The van der Waals surface area contributed by atoms with E-state index in [2.05, 4.69) is 20.9 Å². The Bertz CT molecular complexity index is 563. The first-order valence-corrected chi connectivity index (χ1v) is 6.02. The van der Waals surface area contributed by atoms with E-state index in [1.807, 2.05) is 37.3 Å². The molecule has 1 aromatic carbocycles. The lowest BCUT2D eigenvalue weighted by Gasteiger charge is -2.08. The van der Waals surface area contributed by atoms with Gasteiger partial charge in [0.25, 0.3) is 0 Å². The summed E-state index contributed by atoms with van der Waals surface area (Å²) in [6, 6.07) is 9.75. The summed E-state index contributed by atoms with van der Waals surface area (Å²) < 4.78 is 6.04. The number of benzene rings is 1. The third-order valence-corrected chi connectivity index (χ3v) is 2.99. The van der Waals surface area contributed by atoms with E-state index in [1.165, 1.54) is 0 Å². The van der Waals surface area contributed by atoms with Crippen molar-refractivity contribution in [2.75, 3.05) is 0 Å². The summed E-state index contributed by atoms with van der Waals surface area (Å²) in [5.74, 6) is 0.364. The highest BCUT2D eigenvalue weighted by Crippen LogP contribution is 2.14. The molecular weight excluding hydrogens is 282 g/mol. The Morgan fingerprint density at radius 2 is 2.00 bits per heavy atom. The van der Waals surface area contributed by atoms with E-state index in [4.69, 9.17) is 4.74 Å². The van der Waals surface area contributed by atoms with E-state index in [-0.39, 0.29) is 5.43 Å². The molecule has 3 nitrogen and oxygen atoms in total. The zero-order chi connectivity index (χ0) is 12.3. The topological polar surface area (TPSA) is 42.1 Å². The Morgan fingerprint density at radius 3 is 2.71 bits per heavy atom. The highest BCUT2D eigenvalue weighted by molar-refractivity contribution is 9.10. The average Bonchev–Trinajstić information content (AvgIpc) is 2.35. The van der Waals surface area contributed by atoms with E-state index in [0.717, 1.165) is 11.3 Å². The number of hydrogen-bond acceptors (Lipinski definition) is 2. The lowest BCUT2D eigenvalue weighted by atomic mass is 10.2. The highest BCUT2D eigenvalue weighted by atomic mass is 79.9. The standard InChI is InChI=1S/C13H12BrNO2/c1-9-13(12(16)11(14)7-15-9)17-8-10-5-3-2-4-6-10/h2-7H,8H2,1H3,(H,15,16). The minimum absolute atomic E-state index is 0.128. The number of nitrogens with one attached hydrogen (secondary N) is 1. The van der Waals surface area contributed by atoms with Crippen molar-refractivity contribution in [1.29, 1.82) is 0 Å². The molecule has 0 radical (unpaired) electrons. The number of halogens is 1. The third kappa shape index (κ3) is 2.77. The summed E-state index contributed by atoms with van der Waals surface area (Å²) in [7, 11) is 0. The van der Waals surface area contributed by atoms with Crippen molar-refractivity contribution in [3.63, 3.8) is 0 Å². The first-order chi connectivity index (χ1) is 8.18. The molecule has 17 heavy (non-hydrogen) atoms. The first kappa shape index (κ1) is 11.9. The van der Waals surface area contributed by atoms with Crippen LogP contribution in [0.5, 0.6) is 5.75 Å². The van der Waals surface area contributed by atoms with E-state index >= 15 is 0 Å². The normalized spacial score (nSPS) is 10.2. The molecule has 0 aliphatic heterocycles. The summed E-state index contributed by atoms with van der Waals surface area (Å²) in [4.78, 5) is 14.8. The molecule has 0 atom stereocenters. The van der Waals surface area contributed by atoms with Crippen molar-refractivity contribution >= 4 is 15.9 Å². The van der Waals surface area contributed by atoms with Gasteiger partial charge in [-0.25, -0.2) is 0 Å². The van der Waals surface area contributed by atoms with E-state index < -0.39 is 0 Å². The largest absolute Gasteiger partial charge is 0.483 e. The quantitative estimate of drug-likeness (QED) is 0.945. The predicted molar refractivity (Wildman–Crippen MR) is 70.3 cm³/mol. The van der Waals surface area contributed by atoms with E-state index in [1.54, 1.807) is 6.20 Å². The van der Waals surface area contributed by atoms with Crippen molar-refractivity contribution in [2.45, 2.75) is 13.5 Å². The number of aromatic nitrogens is 1. The van der Waals surface area contributed by atoms with Crippen LogP contribution in [0.1, 0.15) is 11.3 Å². The van der Waals surface area contributed by atoms with Crippen LogP contribution in [-0.2, 0) is 6.61 Å². The van der Waals surface area contributed by atoms with Gasteiger partial charge in [-0.15, -0.1) is 0 Å². The van der Waals surface area contributed by atoms with Crippen molar-refractivity contribution in [2.24, 2.45) is 0 Å². The Morgan fingerprint density at radius 1 is 1.29 bits per heavy atom. The maximum Gasteiger partial charge on any atom is 0.237 e. The van der Waals surface area contributed by atoms with Crippen LogP contribution in [0.25, 0.3) is 0 Å². The second-order valence-electron chi connectivity index (χ2n) is 3.69. The van der Waals surface area contributed by atoms with Crippen LogP contribution in [0.15, 0.2) is 45.8 Å². The Kier molecular flexibility index (Phi) is 3.64. The summed E-state index contributed by atoms with van der Waals surface area (Å²) in [5, 5.41) is 0. The molecule has 88 valence electrons. The molecule has 0 amide bonds. The van der Waals surface area contributed by atoms with Crippen molar-refractivity contribution in [3.8, 4) is 5.75 Å². The summed E-state index contributed by atoms with van der Waals surface area (Å²) in [5.41, 5.74) is 1.64. The summed E-state index contributed by atoms with van der Waals surface area (Å²) >= 11 is 3.18. The zero-order valence-electron chi connectivity index (χ0n) is 9.37. The fourth-order valence-electron chi connectivity index (χ4n) is 1.49. The molecule has 1 heterocycles. The number of aromatic amines is 1. The van der Waals surface area contributed by atoms with Crippen LogP contribution in [0, 0.1) is 6.92 Å². The van der Waals surface area contributed by atoms with Crippen LogP contribution in [0.4, 0.5) is 0 Å². The number of hydrogen-bond donors (Lipinski definition) is 1. The average molecular weight is 294 g/mol. The van der Waals surface area contributed by atoms with Gasteiger partial charge in [0.2, 0.25) is 5.43 Å². The van der Waals surface area contributed by atoms with Crippen LogP contribution in [0.2, 0.25) is 0 Å². The lowest BCUT2D eigenvalue weighted by Crippen LogP contribution is -2.11. The molecule has 0 spiro atoms. The van der Waals surface area contributed by atoms with Gasteiger partial charge in [-0.1, -0.05) is 30.3 Å². The molecule has 1 N–H and O–H groups in total. The van der Waals surface area contributed by atoms with E-state index in [9.17, 15) is 4.79 Å². The second-order valence-corrected chi connectivity index (χ2v) is 4.55. The van der Waals surface area contributed by atoms with Crippen LogP contribution >= 0.6 is 15.9 Å². The van der Waals surface area contributed by atoms with Gasteiger partial charge < -0.3 is 9.72 Å². The predicted octanol–water partition coefficient (Wildman–Crippen LogP) is 3.02. The zero-order valence-corrected chi connectivity index (χ0v) is 11.0. The Balaban J connectivity index is 2.20. The maximum atomic E-state index is 11.8. The molecule has 0 aliphatic carbocycles. The molecule has 2 rings (SSSR count). The van der Waals surface area contributed by atoms with Crippen LogP contribution in [-0.4, -0.2) is 4.98 Å². The number of pyridine rings is 1. The molecule has 0 saturated carbocycles. The van der Waals surface area contributed by atoms with Gasteiger partial charge in [-0.2, -0.15) is 0 Å². The second kappa shape index (κ2) is 5.19. The molecule has 2 aromatic rings. The van der Waals surface area contributed by atoms with Gasteiger partial charge in [0.15, 0.2) is 5.75 Å². The highest BCUT2D eigenvalue weighted by Gasteiger charge is 2.08. The molecule has 0 aliphatic rings. The minimum Gasteiger partial charge on any atom is -0.483 e.